The summed E-state index contributed by atoms with van der Waals surface area (Å²) >= 11 is 0. The molecule has 0 saturated heterocycles. The maximum Gasteiger partial charge on any atom is 0.338 e. The fourth-order valence-electron chi connectivity index (χ4n) is 3.49. The fourth-order valence-corrected chi connectivity index (χ4v) is 3.49. The number of esters is 1. The molecule has 0 saturated carbocycles. The van der Waals surface area contributed by atoms with Crippen molar-refractivity contribution in [2.45, 2.75) is 26.5 Å². The van der Waals surface area contributed by atoms with Gasteiger partial charge in [0.25, 0.3) is 0 Å². The average Bonchev–Trinajstić information content (AvgIpc) is 3.25. The Hall–Kier alpha value is -4.21. The second-order valence-electron chi connectivity index (χ2n) is 7.10. The predicted octanol–water partition coefficient (Wildman–Crippen LogP) is 2.80. The van der Waals surface area contributed by atoms with Gasteiger partial charge in [0.05, 0.1) is 17.7 Å². The smallest absolute Gasteiger partial charge is 0.338 e. The summed E-state index contributed by atoms with van der Waals surface area (Å²) in [6.07, 6.45) is 0. The van der Waals surface area contributed by atoms with Gasteiger partial charge in [-0.1, -0.05) is 29.4 Å². The Morgan fingerprint density at radius 3 is 2.69 bits per heavy atom. The molecule has 0 radical (unpaired) electrons. The molecule has 10 nitrogen and oxygen atoms in total. The largest absolute Gasteiger partial charge is 0.489 e. The maximum absolute atomic E-state index is 11.9. The van der Waals surface area contributed by atoms with Gasteiger partial charge in [-0.15, -0.1) is 0 Å². The molecule has 1 unspecified atom stereocenters. The standard InChI is InChI=1S/C22H21N5O5/c1-3-31-21(30)15-9-7-14(8-10-15)12-32-17-6-4-5-16(11-17)19-18(20(28)29)13(2)23-22-24-25-26-27(19)22/h4-11,19H,3,12H2,1-2H3,(H,28,29)(H,23,24,26). The van der Waals surface area contributed by atoms with Gasteiger partial charge in [-0.25, -0.2) is 9.59 Å². The molecule has 32 heavy (non-hydrogen) atoms. The normalized spacial score (nSPS) is 15.0. The van der Waals surface area contributed by atoms with Crippen LogP contribution >= 0.6 is 0 Å². The van der Waals surface area contributed by atoms with Crippen LogP contribution in [0, 0.1) is 0 Å². The molecule has 2 heterocycles. The van der Waals surface area contributed by atoms with E-state index in [0.29, 0.717) is 35.1 Å². The van der Waals surface area contributed by atoms with Gasteiger partial charge in [-0.3, -0.25) is 0 Å². The van der Waals surface area contributed by atoms with Crippen LogP contribution in [0.5, 0.6) is 5.75 Å². The number of hydrogen-bond donors (Lipinski definition) is 2. The molecule has 0 fully saturated rings. The second-order valence-corrected chi connectivity index (χ2v) is 7.10. The van der Waals surface area contributed by atoms with E-state index >= 15 is 0 Å². The van der Waals surface area contributed by atoms with Crippen molar-refractivity contribution in [3.63, 3.8) is 0 Å². The average molecular weight is 435 g/mol. The number of hydrogen-bond acceptors (Lipinski definition) is 8. The van der Waals surface area contributed by atoms with E-state index in [1.54, 1.807) is 62.4 Å². The molecule has 1 aliphatic rings. The Morgan fingerprint density at radius 2 is 1.97 bits per heavy atom. The molecule has 1 aliphatic heterocycles. The molecule has 0 amide bonds. The molecular formula is C22H21N5O5. The minimum atomic E-state index is -1.06. The molecule has 0 bridgehead atoms. The van der Waals surface area contributed by atoms with Crippen LogP contribution in [0.4, 0.5) is 5.95 Å². The summed E-state index contributed by atoms with van der Waals surface area (Å²) in [6.45, 7) is 4.03. The number of rotatable bonds is 7. The van der Waals surface area contributed by atoms with E-state index in [-0.39, 0.29) is 18.1 Å². The van der Waals surface area contributed by atoms with Gasteiger partial charge in [0.2, 0.25) is 5.95 Å². The molecule has 3 aromatic rings. The van der Waals surface area contributed by atoms with Crippen LogP contribution in [-0.4, -0.2) is 43.9 Å². The number of carboxylic acid groups (broad SMARTS) is 1. The fraction of sp³-hybridized carbons (Fsp3) is 0.227. The van der Waals surface area contributed by atoms with Crippen LogP contribution in [0.3, 0.4) is 0 Å². The van der Waals surface area contributed by atoms with Gasteiger partial charge in [0.15, 0.2) is 0 Å². The summed E-state index contributed by atoms with van der Waals surface area (Å²) in [5.41, 5.74) is 2.64. The van der Waals surface area contributed by atoms with Crippen molar-refractivity contribution in [1.29, 1.82) is 0 Å². The van der Waals surface area contributed by atoms with Crippen LogP contribution in [0.2, 0.25) is 0 Å². The minimum absolute atomic E-state index is 0.150. The zero-order valence-corrected chi connectivity index (χ0v) is 17.5. The SMILES string of the molecule is CCOC(=O)c1ccc(COc2cccc(C3C(C(=O)O)=C(C)Nc4nnnn43)c2)cc1. The highest BCUT2D eigenvalue weighted by Gasteiger charge is 2.34. The Kier molecular flexibility index (Phi) is 5.84. The van der Waals surface area contributed by atoms with Crippen molar-refractivity contribution in [2.24, 2.45) is 0 Å². The molecule has 10 heteroatoms. The number of tetrazole rings is 1. The number of anilines is 1. The summed E-state index contributed by atoms with van der Waals surface area (Å²) in [7, 11) is 0. The lowest BCUT2D eigenvalue weighted by Gasteiger charge is -2.26. The number of fused-ring (bicyclic) bond motifs is 1. The molecule has 2 aromatic carbocycles. The summed E-state index contributed by atoms with van der Waals surface area (Å²) < 4.78 is 12.3. The molecule has 4 rings (SSSR count). The van der Waals surface area contributed by atoms with Gasteiger partial charge in [-0.2, -0.15) is 4.68 Å². The monoisotopic (exact) mass is 435 g/mol. The number of carbonyl (C=O) groups excluding carboxylic acids is 1. The van der Waals surface area contributed by atoms with Crippen molar-refractivity contribution in [3.05, 3.63) is 76.5 Å². The first-order valence-corrected chi connectivity index (χ1v) is 9.95. The number of ether oxygens (including phenoxy) is 2. The number of benzene rings is 2. The molecule has 1 atom stereocenters. The van der Waals surface area contributed by atoms with Crippen molar-refractivity contribution >= 4 is 17.9 Å². The first kappa shape index (κ1) is 21.0. The highest BCUT2D eigenvalue weighted by Crippen LogP contribution is 2.35. The van der Waals surface area contributed by atoms with E-state index in [1.165, 1.54) is 4.68 Å². The predicted molar refractivity (Wildman–Crippen MR) is 113 cm³/mol. The zero-order chi connectivity index (χ0) is 22.7. The van der Waals surface area contributed by atoms with Gasteiger partial charge >= 0.3 is 11.9 Å². The van der Waals surface area contributed by atoms with Crippen LogP contribution in [0.15, 0.2) is 59.8 Å². The highest BCUT2D eigenvalue weighted by molar-refractivity contribution is 5.91. The van der Waals surface area contributed by atoms with Crippen molar-refractivity contribution < 1.29 is 24.2 Å². The number of aliphatic carboxylic acids is 1. The summed E-state index contributed by atoms with van der Waals surface area (Å²) in [5.74, 6) is -0.499. The second kappa shape index (κ2) is 8.88. The number of nitrogens with one attached hydrogen (secondary N) is 1. The highest BCUT2D eigenvalue weighted by atomic mass is 16.5. The zero-order valence-electron chi connectivity index (χ0n) is 17.5. The lowest BCUT2D eigenvalue weighted by atomic mass is 9.96. The van der Waals surface area contributed by atoms with Gasteiger partial charge < -0.3 is 19.9 Å². The number of carboxylic acids is 1. The topological polar surface area (TPSA) is 128 Å². The van der Waals surface area contributed by atoms with E-state index in [4.69, 9.17) is 9.47 Å². The van der Waals surface area contributed by atoms with Crippen molar-refractivity contribution in [3.8, 4) is 5.75 Å². The molecule has 0 spiro atoms. The van der Waals surface area contributed by atoms with E-state index in [2.05, 4.69) is 20.8 Å². The van der Waals surface area contributed by atoms with Crippen LogP contribution < -0.4 is 10.1 Å². The van der Waals surface area contributed by atoms with Gasteiger partial charge in [0.1, 0.15) is 18.4 Å². The third-order valence-electron chi connectivity index (χ3n) is 4.99. The summed E-state index contributed by atoms with van der Waals surface area (Å²) in [4.78, 5) is 23.7. The Labute approximate surface area is 183 Å². The third kappa shape index (κ3) is 4.15. The lowest BCUT2D eigenvalue weighted by Crippen LogP contribution is -2.28. The number of carbonyl (C=O) groups is 2. The molecule has 0 aliphatic carbocycles. The van der Waals surface area contributed by atoms with Crippen LogP contribution in [0.1, 0.15) is 41.4 Å². The van der Waals surface area contributed by atoms with E-state index < -0.39 is 12.0 Å². The van der Waals surface area contributed by atoms with Crippen molar-refractivity contribution in [1.82, 2.24) is 20.2 Å². The van der Waals surface area contributed by atoms with E-state index in [0.717, 1.165) is 5.56 Å². The Morgan fingerprint density at radius 1 is 1.19 bits per heavy atom. The summed E-state index contributed by atoms with van der Waals surface area (Å²) in [5, 5.41) is 24.2. The van der Waals surface area contributed by atoms with E-state index in [1.807, 2.05) is 0 Å². The molecular weight excluding hydrogens is 414 g/mol. The van der Waals surface area contributed by atoms with Gasteiger partial charge in [-0.05, 0) is 59.7 Å². The number of allylic oxidation sites excluding steroid dienone is 1. The van der Waals surface area contributed by atoms with Gasteiger partial charge in [0, 0.05) is 5.70 Å². The minimum Gasteiger partial charge on any atom is -0.489 e. The van der Waals surface area contributed by atoms with E-state index in [9.17, 15) is 14.7 Å². The molecule has 1 aromatic heterocycles. The first-order chi connectivity index (χ1) is 15.5. The molecule has 164 valence electrons. The first-order valence-electron chi connectivity index (χ1n) is 9.95. The Bertz CT molecular complexity index is 1190. The van der Waals surface area contributed by atoms with Crippen LogP contribution in [0.25, 0.3) is 0 Å². The quantitative estimate of drug-likeness (QED) is 0.538. The van der Waals surface area contributed by atoms with Crippen molar-refractivity contribution in [2.75, 3.05) is 11.9 Å². The lowest BCUT2D eigenvalue weighted by molar-refractivity contribution is -0.133. The molecule has 2 N–H and O–H groups in total. The number of nitrogens with zero attached hydrogens (tertiary/aromatic N) is 4. The third-order valence-corrected chi connectivity index (χ3v) is 4.99. The number of aromatic nitrogens is 4. The van der Waals surface area contributed by atoms with Crippen LogP contribution in [-0.2, 0) is 16.1 Å². The Balaban J connectivity index is 1.54. The summed E-state index contributed by atoms with van der Waals surface area (Å²) in [6, 6.07) is 13.4. The maximum atomic E-state index is 11.9.